The Morgan fingerprint density at radius 3 is 2.55 bits per heavy atom. The molecule has 2 unspecified atom stereocenters. The van der Waals surface area contributed by atoms with Crippen molar-refractivity contribution in [3.8, 4) is 5.75 Å². The number of hydrogen-bond acceptors (Lipinski definition) is 3. The van der Waals surface area contributed by atoms with Crippen molar-refractivity contribution in [3.63, 3.8) is 0 Å². The van der Waals surface area contributed by atoms with Gasteiger partial charge in [-0.2, -0.15) is 0 Å². The molecule has 2 bridgehead atoms. The second kappa shape index (κ2) is 5.01. The van der Waals surface area contributed by atoms with E-state index in [-0.39, 0.29) is 5.82 Å². The molecule has 2 aliphatic heterocycles. The quantitative estimate of drug-likeness (QED) is 0.903. The molecule has 0 aliphatic carbocycles. The summed E-state index contributed by atoms with van der Waals surface area (Å²) >= 11 is 0. The fraction of sp³-hybridized carbons (Fsp3) is 0.625. The molecule has 2 atom stereocenters. The second-order valence-corrected chi connectivity index (χ2v) is 6.19. The lowest BCUT2D eigenvalue weighted by atomic mass is 9.72. The lowest BCUT2D eigenvalue weighted by Crippen LogP contribution is -2.55. The summed E-state index contributed by atoms with van der Waals surface area (Å²) in [7, 11) is 3.68. The van der Waals surface area contributed by atoms with Crippen LogP contribution >= 0.6 is 0 Å². The molecule has 0 radical (unpaired) electrons. The van der Waals surface area contributed by atoms with Gasteiger partial charge in [-0.05, 0) is 50.9 Å². The Morgan fingerprint density at radius 2 is 1.95 bits per heavy atom. The molecule has 2 saturated heterocycles. The van der Waals surface area contributed by atoms with Crippen LogP contribution in [0, 0.1) is 5.82 Å². The summed E-state index contributed by atoms with van der Waals surface area (Å²) in [5, 5.41) is 11.0. The van der Waals surface area contributed by atoms with E-state index in [0.29, 0.717) is 36.2 Å². The van der Waals surface area contributed by atoms with E-state index >= 15 is 0 Å². The van der Waals surface area contributed by atoms with Crippen LogP contribution in [0.5, 0.6) is 5.75 Å². The van der Waals surface area contributed by atoms with Crippen molar-refractivity contribution < 1.29 is 14.2 Å². The summed E-state index contributed by atoms with van der Waals surface area (Å²) in [5.41, 5.74) is -0.678. The van der Waals surface area contributed by atoms with Gasteiger partial charge < -0.3 is 14.7 Å². The molecule has 2 aliphatic rings. The number of methoxy groups -OCH3 is 1. The SMILES string of the molecule is COc1ccc(F)c(C2(O)CC3CCCC(C2)N3C)c1. The smallest absolute Gasteiger partial charge is 0.129 e. The van der Waals surface area contributed by atoms with Crippen LogP contribution in [0.25, 0.3) is 0 Å². The van der Waals surface area contributed by atoms with Gasteiger partial charge in [-0.15, -0.1) is 0 Å². The van der Waals surface area contributed by atoms with Gasteiger partial charge in [0, 0.05) is 17.6 Å². The lowest BCUT2D eigenvalue weighted by molar-refractivity contribution is -0.0892. The van der Waals surface area contributed by atoms with Crippen LogP contribution in [0.3, 0.4) is 0 Å². The molecule has 20 heavy (non-hydrogen) atoms. The molecule has 4 heteroatoms. The Balaban J connectivity index is 1.96. The molecule has 1 N–H and O–H groups in total. The van der Waals surface area contributed by atoms with Gasteiger partial charge in [-0.25, -0.2) is 4.39 Å². The number of benzene rings is 1. The number of ether oxygens (including phenoxy) is 1. The van der Waals surface area contributed by atoms with Crippen molar-refractivity contribution in [1.29, 1.82) is 0 Å². The first-order valence-electron chi connectivity index (χ1n) is 7.32. The molecule has 0 amide bonds. The number of hydrogen-bond donors (Lipinski definition) is 1. The predicted octanol–water partition coefficient (Wildman–Crippen LogP) is 2.67. The minimum Gasteiger partial charge on any atom is -0.497 e. The van der Waals surface area contributed by atoms with Gasteiger partial charge in [0.05, 0.1) is 12.7 Å². The highest BCUT2D eigenvalue weighted by atomic mass is 19.1. The average molecular weight is 279 g/mol. The van der Waals surface area contributed by atoms with Crippen LogP contribution < -0.4 is 4.74 Å². The molecule has 3 nitrogen and oxygen atoms in total. The van der Waals surface area contributed by atoms with Crippen molar-refractivity contribution in [2.75, 3.05) is 14.2 Å². The normalized spacial score (nSPS) is 34.0. The molecule has 110 valence electrons. The van der Waals surface area contributed by atoms with Crippen molar-refractivity contribution >= 4 is 0 Å². The Kier molecular flexibility index (Phi) is 3.46. The van der Waals surface area contributed by atoms with Gasteiger partial charge in [-0.1, -0.05) is 6.42 Å². The maximum atomic E-state index is 14.2. The molecular formula is C16H22FNO2. The topological polar surface area (TPSA) is 32.7 Å². The Bertz CT molecular complexity index is 491. The summed E-state index contributed by atoms with van der Waals surface area (Å²) in [5.74, 6) is 0.259. The molecular weight excluding hydrogens is 257 g/mol. The van der Waals surface area contributed by atoms with E-state index in [4.69, 9.17) is 4.74 Å². The van der Waals surface area contributed by atoms with Gasteiger partial charge in [0.2, 0.25) is 0 Å². The monoisotopic (exact) mass is 279 g/mol. The molecule has 2 fully saturated rings. The van der Waals surface area contributed by atoms with Crippen LogP contribution in [-0.4, -0.2) is 36.2 Å². The van der Waals surface area contributed by atoms with Crippen LogP contribution in [-0.2, 0) is 5.60 Å². The number of aliphatic hydroxyl groups is 1. The zero-order chi connectivity index (χ0) is 14.3. The van der Waals surface area contributed by atoms with E-state index in [0.717, 1.165) is 12.8 Å². The molecule has 0 aromatic heterocycles. The van der Waals surface area contributed by atoms with Crippen LogP contribution in [0.15, 0.2) is 18.2 Å². The zero-order valence-electron chi connectivity index (χ0n) is 12.1. The van der Waals surface area contributed by atoms with E-state index in [9.17, 15) is 9.50 Å². The molecule has 0 spiro atoms. The Labute approximate surface area is 119 Å². The Hall–Kier alpha value is -1.13. The Morgan fingerprint density at radius 1 is 1.30 bits per heavy atom. The van der Waals surface area contributed by atoms with E-state index in [1.54, 1.807) is 19.2 Å². The minimum absolute atomic E-state index is 0.337. The van der Waals surface area contributed by atoms with Crippen molar-refractivity contribution in [3.05, 3.63) is 29.6 Å². The molecule has 0 saturated carbocycles. The maximum absolute atomic E-state index is 14.2. The fourth-order valence-electron chi connectivity index (χ4n) is 3.86. The number of rotatable bonds is 2. The number of fused-ring (bicyclic) bond motifs is 2. The largest absolute Gasteiger partial charge is 0.497 e. The van der Waals surface area contributed by atoms with Gasteiger partial charge in [0.1, 0.15) is 11.6 Å². The number of piperidine rings is 2. The standard InChI is InChI=1S/C16H22FNO2/c1-18-11-4-3-5-12(18)10-16(19,9-11)14-8-13(20-2)6-7-15(14)17/h6-8,11-12,19H,3-5,9-10H2,1-2H3. The first-order valence-corrected chi connectivity index (χ1v) is 7.32. The lowest BCUT2D eigenvalue weighted by Gasteiger charge is -2.50. The van der Waals surface area contributed by atoms with E-state index in [2.05, 4.69) is 11.9 Å². The molecule has 1 aromatic rings. The van der Waals surface area contributed by atoms with Gasteiger partial charge >= 0.3 is 0 Å². The highest BCUT2D eigenvalue weighted by molar-refractivity contribution is 5.34. The van der Waals surface area contributed by atoms with E-state index in [1.807, 2.05) is 0 Å². The first-order chi connectivity index (χ1) is 9.53. The second-order valence-electron chi connectivity index (χ2n) is 6.19. The third-order valence-electron chi connectivity index (χ3n) is 5.05. The van der Waals surface area contributed by atoms with Gasteiger partial charge in [0.25, 0.3) is 0 Å². The minimum atomic E-state index is -1.07. The third kappa shape index (κ3) is 2.21. The van der Waals surface area contributed by atoms with Gasteiger partial charge in [-0.3, -0.25) is 0 Å². The summed E-state index contributed by atoms with van der Waals surface area (Å²) in [6, 6.07) is 5.32. The highest BCUT2D eigenvalue weighted by Gasteiger charge is 2.46. The van der Waals surface area contributed by atoms with Crippen molar-refractivity contribution in [2.24, 2.45) is 0 Å². The number of nitrogens with zero attached hydrogens (tertiary/aromatic N) is 1. The summed E-state index contributed by atoms with van der Waals surface area (Å²) in [6.45, 7) is 0. The first kappa shape index (κ1) is 13.8. The summed E-state index contributed by atoms with van der Waals surface area (Å²) in [4.78, 5) is 2.36. The van der Waals surface area contributed by atoms with Crippen LogP contribution in [0.2, 0.25) is 0 Å². The molecule has 3 rings (SSSR count). The molecule has 2 heterocycles. The zero-order valence-corrected chi connectivity index (χ0v) is 12.1. The average Bonchev–Trinajstić information content (AvgIpc) is 2.41. The van der Waals surface area contributed by atoms with Crippen LogP contribution in [0.1, 0.15) is 37.7 Å². The predicted molar refractivity (Wildman–Crippen MR) is 75.3 cm³/mol. The fourth-order valence-corrected chi connectivity index (χ4v) is 3.86. The van der Waals surface area contributed by atoms with Crippen LogP contribution in [0.4, 0.5) is 4.39 Å². The summed E-state index contributed by atoms with van der Waals surface area (Å²) < 4.78 is 19.4. The highest BCUT2D eigenvalue weighted by Crippen LogP contribution is 2.44. The van der Waals surface area contributed by atoms with Crippen molar-refractivity contribution in [1.82, 2.24) is 4.90 Å². The molecule has 1 aromatic carbocycles. The summed E-state index contributed by atoms with van der Waals surface area (Å²) in [6.07, 6.45) is 4.58. The third-order valence-corrected chi connectivity index (χ3v) is 5.05. The van der Waals surface area contributed by atoms with E-state index < -0.39 is 5.60 Å². The van der Waals surface area contributed by atoms with E-state index in [1.165, 1.54) is 12.5 Å². The number of halogens is 1. The van der Waals surface area contributed by atoms with Gasteiger partial charge in [0.15, 0.2) is 0 Å². The maximum Gasteiger partial charge on any atom is 0.129 e. The van der Waals surface area contributed by atoms with Crippen molar-refractivity contribution in [2.45, 2.75) is 49.8 Å².